The van der Waals surface area contributed by atoms with Crippen LogP contribution in [-0.2, 0) is 16.0 Å². The Hall–Kier alpha value is -1.95. The third-order valence-corrected chi connectivity index (χ3v) is 3.99. The number of nitro groups is 1. The molecule has 0 unspecified atom stereocenters. The van der Waals surface area contributed by atoms with Gasteiger partial charge in [0.25, 0.3) is 5.69 Å². The standard InChI is InChI=1S/C16H22N2O4/c1-11(2)16-13(7-8-22-16)10-17-15(19)9-12-3-5-14(6-4-12)18(20)21/h3-6,11,13,16H,7-10H2,1-2H3,(H,17,19)/t13-,16+/m0/s1. The van der Waals surface area contributed by atoms with Gasteiger partial charge in [-0.1, -0.05) is 26.0 Å². The van der Waals surface area contributed by atoms with Crippen molar-refractivity contribution in [2.75, 3.05) is 13.2 Å². The summed E-state index contributed by atoms with van der Waals surface area (Å²) >= 11 is 0. The first-order chi connectivity index (χ1) is 10.5. The Balaban J connectivity index is 1.81. The first-order valence-electron chi connectivity index (χ1n) is 7.59. The molecule has 6 nitrogen and oxygen atoms in total. The summed E-state index contributed by atoms with van der Waals surface area (Å²) in [6.07, 6.45) is 1.41. The predicted octanol–water partition coefficient (Wildman–Crippen LogP) is 2.31. The van der Waals surface area contributed by atoms with Gasteiger partial charge in [-0.25, -0.2) is 0 Å². The number of rotatable bonds is 6. The monoisotopic (exact) mass is 306 g/mol. The quantitative estimate of drug-likeness (QED) is 0.646. The molecule has 2 atom stereocenters. The number of carbonyl (C=O) groups excluding carboxylic acids is 1. The Morgan fingerprint density at radius 3 is 2.68 bits per heavy atom. The lowest BCUT2D eigenvalue weighted by Crippen LogP contribution is -2.35. The Kier molecular flexibility index (Phi) is 5.49. The summed E-state index contributed by atoms with van der Waals surface area (Å²) in [4.78, 5) is 22.1. The lowest BCUT2D eigenvalue weighted by Gasteiger charge is -2.22. The highest BCUT2D eigenvalue weighted by molar-refractivity contribution is 5.78. The molecule has 0 bridgehead atoms. The number of ether oxygens (including phenoxy) is 1. The van der Waals surface area contributed by atoms with E-state index in [0.29, 0.717) is 18.4 Å². The predicted molar refractivity (Wildman–Crippen MR) is 82.5 cm³/mol. The molecule has 1 aliphatic heterocycles. The number of hydrogen-bond acceptors (Lipinski definition) is 4. The molecule has 1 heterocycles. The fourth-order valence-electron chi connectivity index (χ4n) is 2.84. The van der Waals surface area contributed by atoms with Crippen LogP contribution in [0.15, 0.2) is 24.3 Å². The summed E-state index contributed by atoms with van der Waals surface area (Å²) in [5.41, 5.74) is 0.804. The zero-order chi connectivity index (χ0) is 16.1. The smallest absolute Gasteiger partial charge is 0.269 e. The Labute approximate surface area is 130 Å². The molecule has 1 fully saturated rings. The molecule has 0 radical (unpaired) electrons. The highest BCUT2D eigenvalue weighted by atomic mass is 16.6. The SMILES string of the molecule is CC(C)[C@H]1OCC[C@H]1CNC(=O)Cc1ccc([N+](=O)[O-])cc1. The van der Waals surface area contributed by atoms with Crippen molar-refractivity contribution in [1.82, 2.24) is 5.32 Å². The molecule has 120 valence electrons. The van der Waals surface area contributed by atoms with Gasteiger partial charge < -0.3 is 10.1 Å². The van der Waals surface area contributed by atoms with Crippen LogP contribution in [0, 0.1) is 22.0 Å². The van der Waals surface area contributed by atoms with Gasteiger partial charge in [0.15, 0.2) is 0 Å². The van der Waals surface area contributed by atoms with Gasteiger partial charge in [0.2, 0.25) is 5.91 Å². The van der Waals surface area contributed by atoms with Crippen molar-refractivity contribution in [2.45, 2.75) is 32.8 Å². The number of non-ortho nitro benzene ring substituents is 1. The summed E-state index contributed by atoms with van der Waals surface area (Å²) in [5, 5.41) is 13.5. The Morgan fingerprint density at radius 2 is 2.09 bits per heavy atom. The van der Waals surface area contributed by atoms with Gasteiger partial charge in [0.1, 0.15) is 0 Å². The fraction of sp³-hybridized carbons (Fsp3) is 0.562. The average molecular weight is 306 g/mol. The van der Waals surface area contributed by atoms with Gasteiger partial charge in [-0.05, 0) is 17.9 Å². The van der Waals surface area contributed by atoms with E-state index in [9.17, 15) is 14.9 Å². The van der Waals surface area contributed by atoms with Crippen molar-refractivity contribution in [2.24, 2.45) is 11.8 Å². The highest BCUT2D eigenvalue weighted by Gasteiger charge is 2.30. The molecule has 0 spiro atoms. The van der Waals surface area contributed by atoms with Crippen LogP contribution < -0.4 is 5.32 Å². The molecule has 1 aromatic carbocycles. The number of benzene rings is 1. The summed E-state index contributed by atoms with van der Waals surface area (Å²) in [6, 6.07) is 6.07. The van der Waals surface area contributed by atoms with E-state index < -0.39 is 4.92 Å². The molecule has 0 aromatic heterocycles. The van der Waals surface area contributed by atoms with E-state index in [1.165, 1.54) is 12.1 Å². The molecule has 1 aliphatic rings. The highest BCUT2D eigenvalue weighted by Crippen LogP contribution is 2.26. The molecule has 2 rings (SSSR count). The normalized spacial score (nSPS) is 21.0. The second-order valence-corrected chi connectivity index (χ2v) is 6.03. The largest absolute Gasteiger partial charge is 0.378 e. The maximum atomic E-state index is 12.0. The second-order valence-electron chi connectivity index (χ2n) is 6.03. The van der Waals surface area contributed by atoms with E-state index in [4.69, 9.17) is 4.74 Å². The lowest BCUT2D eigenvalue weighted by atomic mass is 9.93. The number of nitro benzene ring substituents is 1. The summed E-state index contributed by atoms with van der Waals surface area (Å²) in [5.74, 6) is 0.739. The molecular formula is C16H22N2O4. The summed E-state index contributed by atoms with van der Waals surface area (Å²) in [6.45, 7) is 5.63. The fourth-order valence-corrected chi connectivity index (χ4v) is 2.84. The maximum Gasteiger partial charge on any atom is 0.269 e. The first kappa shape index (κ1) is 16.4. The second kappa shape index (κ2) is 7.35. The third kappa shape index (κ3) is 4.27. The molecule has 1 saturated heterocycles. The number of hydrogen-bond donors (Lipinski definition) is 1. The molecule has 1 N–H and O–H groups in total. The van der Waals surface area contributed by atoms with Crippen LogP contribution in [0.2, 0.25) is 0 Å². The van der Waals surface area contributed by atoms with E-state index in [-0.39, 0.29) is 24.1 Å². The molecule has 22 heavy (non-hydrogen) atoms. The van der Waals surface area contributed by atoms with Crippen LogP contribution in [0.3, 0.4) is 0 Å². The minimum atomic E-state index is -0.448. The zero-order valence-electron chi connectivity index (χ0n) is 13.0. The number of nitrogens with zero attached hydrogens (tertiary/aromatic N) is 1. The summed E-state index contributed by atoms with van der Waals surface area (Å²) < 4.78 is 5.70. The zero-order valence-corrected chi connectivity index (χ0v) is 13.0. The van der Waals surface area contributed by atoms with Crippen LogP contribution in [0.5, 0.6) is 0 Å². The van der Waals surface area contributed by atoms with E-state index in [1.54, 1.807) is 12.1 Å². The Bertz CT molecular complexity index is 527. The number of nitrogens with one attached hydrogen (secondary N) is 1. The van der Waals surface area contributed by atoms with Crippen molar-refractivity contribution < 1.29 is 14.5 Å². The molecule has 1 amide bonds. The van der Waals surface area contributed by atoms with Gasteiger partial charge in [-0.2, -0.15) is 0 Å². The molecule has 0 saturated carbocycles. The number of amides is 1. The van der Waals surface area contributed by atoms with Crippen molar-refractivity contribution in [3.63, 3.8) is 0 Å². The van der Waals surface area contributed by atoms with Crippen LogP contribution >= 0.6 is 0 Å². The van der Waals surface area contributed by atoms with Crippen LogP contribution in [0.1, 0.15) is 25.8 Å². The van der Waals surface area contributed by atoms with E-state index in [0.717, 1.165) is 18.6 Å². The van der Waals surface area contributed by atoms with Gasteiger partial charge in [-0.15, -0.1) is 0 Å². The van der Waals surface area contributed by atoms with Gasteiger partial charge in [-0.3, -0.25) is 14.9 Å². The molecule has 0 aliphatic carbocycles. The van der Waals surface area contributed by atoms with Crippen LogP contribution in [0.25, 0.3) is 0 Å². The van der Waals surface area contributed by atoms with Crippen LogP contribution in [0.4, 0.5) is 5.69 Å². The van der Waals surface area contributed by atoms with Gasteiger partial charge >= 0.3 is 0 Å². The van der Waals surface area contributed by atoms with Crippen molar-refractivity contribution in [1.29, 1.82) is 0 Å². The van der Waals surface area contributed by atoms with Crippen molar-refractivity contribution in [3.8, 4) is 0 Å². The van der Waals surface area contributed by atoms with Crippen LogP contribution in [-0.4, -0.2) is 30.1 Å². The molecule has 6 heteroatoms. The average Bonchev–Trinajstić information content (AvgIpc) is 2.94. The van der Waals surface area contributed by atoms with Gasteiger partial charge in [0.05, 0.1) is 17.4 Å². The minimum Gasteiger partial charge on any atom is -0.378 e. The van der Waals surface area contributed by atoms with Crippen molar-refractivity contribution >= 4 is 11.6 Å². The number of carbonyl (C=O) groups is 1. The minimum absolute atomic E-state index is 0.0343. The van der Waals surface area contributed by atoms with E-state index >= 15 is 0 Å². The van der Waals surface area contributed by atoms with Gasteiger partial charge in [0, 0.05) is 31.2 Å². The molecule has 1 aromatic rings. The first-order valence-corrected chi connectivity index (χ1v) is 7.59. The Morgan fingerprint density at radius 1 is 1.41 bits per heavy atom. The third-order valence-electron chi connectivity index (χ3n) is 3.99. The maximum absolute atomic E-state index is 12.0. The van der Waals surface area contributed by atoms with E-state index in [1.807, 2.05) is 0 Å². The molecular weight excluding hydrogens is 284 g/mol. The summed E-state index contributed by atoms with van der Waals surface area (Å²) in [7, 11) is 0. The van der Waals surface area contributed by atoms with E-state index in [2.05, 4.69) is 19.2 Å². The van der Waals surface area contributed by atoms with Crippen molar-refractivity contribution in [3.05, 3.63) is 39.9 Å². The topological polar surface area (TPSA) is 81.5 Å². The lowest BCUT2D eigenvalue weighted by molar-refractivity contribution is -0.384.